The van der Waals surface area contributed by atoms with Gasteiger partial charge < -0.3 is 15.1 Å². The van der Waals surface area contributed by atoms with E-state index in [1.54, 1.807) is 0 Å². The number of piperazine rings is 1. The third-order valence-corrected chi connectivity index (χ3v) is 11.0. The molecule has 0 spiro atoms. The number of carbonyl (C=O) groups excluding carboxylic acids is 1. The minimum Gasteiger partial charge on any atom is -0.369 e. The normalized spacial score (nSPS) is 19.8. The van der Waals surface area contributed by atoms with Crippen LogP contribution in [0.4, 0.5) is 20.3 Å². The molecule has 1 amide bonds. The standard InChI is InChI=1S/C32H41F2N7O3S/c1-32(2)21-41(45(43,44)26-17-23(33)16-24(34)18-26)20-28-29(32)36-37-30(28)35-31(42)27-8-7-25(40-13-11-38(3)12-14-40)15-22(27)19-39-9-5-4-6-10-39/h7-8,15-18H,4-6,9-14,19-21H2,1-3H3,(H2,35,36,37,42). The third-order valence-electron chi connectivity index (χ3n) is 9.20. The Bertz CT molecular complexity index is 1660. The van der Waals surface area contributed by atoms with Gasteiger partial charge in [-0.15, -0.1) is 0 Å². The van der Waals surface area contributed by atoms with E-state index in [4.69, 9.17) is 0 Å². The predicted molar refractivity (Wildman–Crippen MR) is 169 cm³/mol. The number of nitrogens with zero attached hydrogens (tertiary/aromatic N) is 5. The Morgan fingerprint density at radius 1 is 0.978 bits per heavy atom. The minimum absolute atomic E-state index is 0.0593. The van der Waals surface area contributed by atoms with Gasteiger partial charge in [0.05, 0.1) is 4.90 Å². The Hall–Kier alpha value is -3.39. The van der Waals surface area contributed by atoms with E-state index in [0.717, 1.165) is 75.5 Å². The van der Waals surface area contributed by atoms with Crippen LogP contribution in [0.5, 0.6) is 0 Å². The molecule has 0 unspecified atom stereocenters. The number of likely N-dealkylation sites (N-methyl/N-ethyl adjacent to an activating group) is 1. The number of carbonyl (C=O) groups is 1. The summed E-state index contributed by atoms with van der Waals surface area (Å²) < 4.78 is 56.2. The van der Waals surface area contributed by atoms with Crippen LogP contribution in [0.15, 0.2) is 41.3 Å². The molecule has 1 aromatic heterocycles. The molecule has 45 heavy (non-hydrogen) atoms. The lowest BCUT2D eigenvalue weighted by molar-refractivity contribution is 0.102. The summed E-state index contributed by atoms with van der Waals surface area (Å²) in [4.78, 5) is 20.5. The first-order valence-electron chi connectivity index (χ1n) is 15.5. The number of anilines is 2. The Kier molecular flexibility index (Phi) is 8.72. The van der Waals surface area contributed by atoms with Crippen LogP contribution >= 0.6 is 0 Å². The molecule has 242 valence electrons. The Balaban J connectivity index is 1.28. The number of H-pyrrole nitrogens is 1. The zero-order chi connectivity index (χ0) is 31.9. The predicted octanol–water partition coefficient (Wildman–Crippen LogP) is 4.16. The molecule has 3 aliphatic heterocycles. The maximum absolute atomic E-state index is 14.0. The second-order valence-electron chi connectivity index (χ2n) is 13.1. The van der Waals surface area contributed by atoms with Gasteiger partial charge in [0.25, 0.3) is 5.91 Å². The minimum atomic E-state index is -4.25. The molecule has 3 aromatic rings. The summed E-state index contributed by atoms with van der Waals surface area (Å²) in [6, 6.07) is 8.27. The fourth-order valence-electron chi connectivity index (χ4n) is 6.66. The van der Waals surface area contributed by atoms with Gasteiger partial charge in [-0.25, -0.2) is 17.2 Å². The summed E-state index contributed by atoms with van der Waals surface area (Å²) in [5.41, 5.74) is 3.09. The van der Waals surface area contributed by atoms with E-state index >= 15 is 0 Å². The highest BCUT2D eigenvalue weighted by Gasteiger charge is 2.41. The number of hydrogen-bond acceptors (Lipinski definition) is 7. The maximum atomic E-state index is 14.0. The van der Waals surface area contributed by atoms with Crippen molar-refractivity contribution in [2.45, 2.75) is 56.5 Å². The van der Waals surface area contributed by atoms with Crippen molar-refractivity contribution >= 4 is 27.4 Å². The quantitative estimate of drug-likeness (QED) is 0.399. The molecule has 3 aliphatic rings. The topological polar surface area (TPSA) is 105 Å². The molecule has 0 saturated carbocycles. The van der Waals surface area contributed by atoms with Gasteiger partial charge in [-0.3, -0.25) is 14.8 Å². The highest BCUT2D eigenvalue weighted by molar-refractivity contribution is 7.89. The maximum Gasteiger partial charge on any atom is 0.257 e. The number of fused-ring (bicyclic) bond motifs is 1. The number of nitrogens with one attached hydrogen (secondary N) is 2. The molecule has 2 saturated heterocycles. The first-order chi connectivity index (χ1) is 21.4. The number of likely N-dealkylation sites (tertiary alicyclic amines) is 1. The average Bonchev–Trinajstić information content (AvgIpc) is 3.41. The molecule has 0 radical (unpaired) electrons. The Morgan fingerprint density at radius 2 is 1.67 bits per heavy atom. The van der Waals surface area contributed by atoms with Crippen LogP contribution in [0.1, 0.15) is 60.3 Å². The van der Waals surface area contributed by atoms with Gasteiger partial charge in [0.2, 0.25) is 10.0 Å². The van der Waals surface area contributed by atoms with Gasteiger partial charge in [-0.1, -0.05) is 20.3 Å². The van der Waals surface area contributed by atoms with Crippen molar-refractivity contribution in [3.8, 4) is 0 Å². The number of benzene rings is 2. The molecular weight excluding hydrogens is 600 g/mol. The number of hydrogen-bond donors (Lipinski definition) is 2. The monoisotopic (exact) mass is 641 g/mol. The lowest BCUT2D eigenvalue weighted by Crippen LogP contribution is -2.45. The molecular formula is C32H41F2N7O3S. The molecule has 2 aromatic carbocycles. The zero-order valence-corrected chi connectivity index (χ0v) is 26.9. The lowest BCUT2D eigenvalue weighted by atomic mass is 9.84. The number of halogens is 2. The van der Waals surface area contributed by atoms with Crippen LogP contribution in [-0.4, -0.2) is 91.5 Å². The summed E-state index contributed by atoms with van der Waals surface area (Å²) in [5.74, 6) is -2.03. The SMILES string of the molecule is CN1CCN(c2ccc(C(=O)Nc3n[nH]c4c3CN(S(=O)(=O)c3cc(F)cc(F)c3)CC4(C)C)c(CN3CCCCC3)c2)CC1. The van der Waals surface area contributed by atoms with Crippen LogP contribution in [0.2, 0.25) is 0 Å². The van der Waals surface area contributed by atoms with E-state index in [0.29, 0.717) is 29.4 Å². The third kappa shape index (κ3) is 6.62. The summed E-state index contributed by atoms with van der Waals surface area (Å²) in [5, 5.41) is 10.4. The van der Waals surface area contributed by atoms with E-state index in [9.17, 15) is 22.0 Å². The van der Waals surface area contributed by atoms with Crippen molar-refractivity contribution in [2.24, 2.45) is 0 Å². The first kappa shape index (κ1) is 31.6. The van der Waals surface area contributed by atoms with Crippen LogP contribution in [0.25, 0.3) is 0 Å². The highest BCUT2D eigenvalue weighted by Crippen LogP contribution is 2.38. The summed E-state index contributed by atoms with van der Waals surface area (Å²) in [6.07, 6.45) is 3.49. The van der Waals surface area contributed by atoms with E-state index in [2.05, 4.69) is 43.3 Å². The zero-order valence-electron chi connectivity index (χ0n) is 26.1. The van der Waals surface area contributed by atoms with Crippen molar-refractivity contribution < 1.29 is 22.0 Å². The number of aromatic nitrogens is 2. The molecule has 6 rings (SSSR count). The number of sulfonamides is 1. The molecule has 2 N–H and O–H groups in total. The van der Waals surface area contributed by atoms with Crippen LogP contribution in [0, 0.1) is 11.6 Å². The molecule has 0 bridgehead atoms. The van der Waals surface area contributed by atoms with Crippen LogP contribution in [0.3, 0.4) is 0 Å². The van der Waals surface area contributed by atoms with E-state index in [-0.39, 0.29) is 24.8 Å². The number of amides is 1. The summed E-state index contributed by atoms with van der Waals surface area (Å²) in [7, 11) is -2.13. The second-order valence-corrected chi connectivity index (χ2v) is 15.0. The van der Waals surface area contributed by atoms with Crippen molar-refractivity contribution in [3.05, 3.63) is 70.4 Å². The number of piperidine rings is 1. The summed E-state index contributed by atoms with van der Waals surface area (Å²) >= 11 is 0. The molecule has 0 atom stereocenters. The van der Waals surface area contributed by atoms with Crippen LogP contribution < -0.4 is 10.2 Å². The van der Waals surface area contributed by atoms with Crippen molar-refractivity contribution in [1.82, 2.24) is 24.3 Å². The average molecular weight is 642 g/mol. The van der Waals surface area contributed by atoms with E-state index in [1.165, 1.54) is 10.7 Å². The van der Waals surface area contributed by atoms with E-state index < -0.39 is 32.0 Å². The van der Waals surface area contributed by atoms with Crippen molar-refractivity contribution in [3.63, 3.8) is 0 Å². The second kappa shape index (κ2) is 12.4. The molecule has 10 nitrogen and oxygen atoms in total. The summed E-state index contributed by atoms with van der Waals surface area (Å²) in [6.45, 7) is 10.1. The molecule has 13 heteroatoms. The van der Waals surface area contributed by atoms with Crippen LogP contribution in [-0.2, 0) is 28.5 Å². The molecule has 0 aliphatic carbocycles. The Labute approximate surface area is 263 Å². The van der Waals surface area contributed by atoms with Gasteiger partial charge >= 0.3 is 0 Å². The fraction of sp³-hybridized carbons (Fsp3) is 0.500. The van der Waals surface area contributed by atoms with Gasteiger partial charge in [-0.05, 0) is 68.9 Å². The molecule has 2 fully saturated rings. The van der Waals surface area contributed by atoms with Gasteiger partial charge in [0, 0.05) is 79.8 Å². The van der Waals surface area contributed by atoms with E-state index in [1.807, 2.05) is 26.0 Å². The first-order valence-corrected chi connectivity index (χ1v) is 17.0. The number of aromatic amines is 1. The van der Waals surface area contributed by atoms with Gasteiger partial charge in [0.1, 0.15) is 11.6 Å². The number of rotatable bonds is 7. The largest absolute Gasteiger partial charge is 0.369 e. The van der Waals surface area contributed by atoms with Gasteiger partial charge in [0.15, 0.2) is 5.82 Å². The van der Waals surface area contributed by atoms with Crippen molar-refractivity contribution in [2.75, 3.05) is 63.1 Å². The molecule has 4 heterocycles. The Morgan fingerprint density at radius 3 is 2.36 bits per heavy atom. The van der Waals surface area contributed by atoms with Crippen molar-refractivity contribution in [1.29, 1.82) is 0 Å². The fourth-order valence-corrected chi connectivity index (χ4v) is 8.27. The highest BCUT2D eigenvalue weighted by atomic mass is 32.2. The smallest absolute Gasteiger partial charge is 0.257 e. The lowest BCUT2D eigenvalue weighted by Gasteiger charge is -2.37. The van der Waals surface area contributed by atoms with Gasteiger partial charge in [-0.2, -0.15) is 9.40 Å².